The lowest BCUT2D eigenvalue weighted by molar-refractivity contribution is -0.0000153. The Labute approximate surface area is 151 Å². The van der Waals surface area contributed by atoms with Crippen molar-refractivity contribution in [1.29, 1.82) is 0 Å². The molecule has 1 aromatic carbocycles. The molecule has 2 heterocycles. The number of aromatic nitrogens is 1. The summed E-state index contributed by atoms with van der Waals surface area (Å²) >= 11 is 3.36. The lowest BCUT2D eigenvalue weighted by atomic mass is 10.2. The van der Waals surface area contributed by atoms with Crippen molar-refractivity contribution in [3.63, 3.8) is 0 Å². The van der Waals surface area contributed by atoms with Crippen molar-refractivity contribution in [1.82, 2.24) is 14.8 Å². The van der Waals surface area contributed by atoms with Crippen LogP contribution in [0.4, 0.5) is 0 Å². The van der Waals surface area contributed by atoms with Gasteiger partial charge in [0.05, 0.1) is 5.56 Å². The number of halogens is 2. The Balaban J connectivity index is 0.00000192. The molecule has 23 heavy (non-hydrogen) atoms. The molecule has 1 saturated heterocycles. The minimum absolute atomic E-state index is 0. The molecular formula is C17H18BrClN3O-. The van der Waals surface area contributed by atoms with Crippen molar-refractivity contribution in [3.05, 3.63) is 64.4 Å². The molecule has 0 aliphatic carbocycles. The summed E-state index contributed by atoms with van der Waals surface area (Å²) < 4.78 is 0.834. The first kappa shape index (κ1) is 17.9. The van der Waals surface area contributed by atoms with Crippen LogP contribution < -0.4 is 12.4 Å². The summed E-state index contributed by atoms with van der Waals surface area (Å²) in [6.45, 7) is 4.28. The van der Waals surface area contributed by atoms with E-state index in [1.54, 1.807) is 12.4 Å². The molecule has 0 spiro atoms. The van der Waals surface area contributed by atoms with E-state index < -0.39 is 0 Å². The second-order valence-corrected chi connectivity index (χ2v) is 6.36. The first-order valence-corrected chi connectivity index (χ1v) is 8.18. The first-order valence-electron chi connectivity index (χ1n) is 7.38. The van der Waals surface area contributed by atoms with E-state index in [-0.39, 0.29) is 18.3 Å². The summed E-state index contributed by atoms with van der Waals surface area (Å²) in [6, 6.07) is 12.3. The summed E-state index contributed by atoms with van der Waals surface area (Å²) in [5, 5.41) is 0. The van der Waals surface area contributed by atoms with Crippen LogP contribution in [0.2, 0.25) is 0 Å². The van der Waals surface area contributed by atoms with Crippen LogP contribution in [0.3, 0.4) is 0 Å². The van der Waals surface area contributed by atoms with E-state index in [9.17, 15) is 4.79 Å². The highest BCUT2D eigenvalue weighted by Gasteiger charge is 2.22. The number of benzene rings is 1. The Kier molecular flexibility index (Phi) is 6.57. The van der Waals surface area contributed by atoms with Crippen molar-refractivity contribution in [2.24, 2.45) is 0 Å². The van der Waals surface area contributed by atoms with E-state index in [0.717, 1.165) is 37.2 Å². The fourth-order valence-electron chi connectivity index (χ4n) is 2.66. The normalized spacial score (nSPS) is 15.1. The number of piperazine rings is 1. The fourth-order valence-corrected chi connectivity index (χ4v) is 3.03. The minimum Gasteiger partial charge on any atom is -1.00 e. The molecule has 1 aliphatic heterocycles. The van der Waals surface area contributed by atoms with Gasteiger partial charge in [-0.2, -0.15) is 0 Å². The van der Waals surface area contributed by atoms with Gasteiger partial charge in [-0.15, -0.1) is 0 Å². The third kappa shape index (κ3) is 4.77. The van der Waals surface area contributed by atoms with Gasteiger partial charge in [-0.25, -0.2) is 0 Å². The van der Waals surface area contributed by atoms with Crippen LogP contribution in [0.15, 0.2) is 53.3 Å². The van der Waals surface area contributed by atoms with Crippen molar-refractivity contribution >= 4 is 21.8 Å². The zero-order chi connectivity index (χ0) is 15.4. The summed E-state index contributed by atoms with van der Waals surface area (Å²) in [7, 11) is 0. The molecule has 2 aromatic rings. The van der Waals surface area contributed by atoms with Crippen molar-refractivity contribution < 1.29 is 17.2 Å². The quantitative estimate of drug-likeness (QED) is 0.723. The van der Waals surface area contributed by atoms with Gasteiger partial charge in [-0.1, -0.05) is 30.3 Å². The number of carbonyl (C=O) groups excluding carboxylic acids is 1. The number of amides is 1. The molecular weight excluding hydrogens is 378 g/mol. The van der Waals surface area contributed by atoms with Crippen LogP contribution >= 0.6 is 15.9 Å². The summed E-state index contributed by atoms with van der Waals surface area (Å²) in [5.74, 6) is 0.0631. The van der Waals surface area contributed by atoms with E-state index in [2.05, 4.69) is 50.1 Å². The number of pyridine rings is 1. The number of hydrogen-bond acceptors (Lipinski definition) is 3. The Morgan fingerprint density at radius 1 is 1.09 bits per heavy atom. The van der Waals surface area contributed by atoms with Gasteiger partial charge in [-0.3, -0.25) is 14.7 Å². The average molecular weight is 396 g/mol. The monoisotopic (exact) mass is 394 g/mol. The van der Waals surface area contributed by atoms with E-state index in [0.29, 0.717) is 5.56 Å². The van der Waals surface area contributed by atoms with Crippen molar-refractivity contribution in [3.8, 4) is 0 Å². The lowest BCUT2D eigenvalue weighted by Crippen LogP contribution is -3.00. The molecule has 1 aliphatic rings. The first-order chi connectivity index (χ1) is 10.7. The predicted molar refractivity (Wildman–Crippen MR) is 89.6 cm³/mol. The topological polar surface area (TPSA) is 36.4 Å². The number of rotatable bonds is 3. The highest BCUT2D eigenvalue weighted by Crippen LogP contribution is 2.14. The SMILES string of the molecule is O=C(c1cncc(Br)c1)N1CCN(Cc2ccccc2)CC1.[Cl-]. The van der Waals surface area contributed by atoms with Gasteiger partial charge in [-0.05, 0) is 27.6 Å². The molecule has 0 radical (unpaired) electrons. The predicted octanol–water partition coefficient (Wildman–Crippen LogP) is -0.194. The molecule has 3 rings (SSSR count). The third-order valence-electron chi connectivity index (χ3n) is 3.86. The average Bonchev–Trinajstić information content (AvgIpc) is 2.56. The lowest BCUT2D eigenvalue weighted by Gasteiger charge is -2.34. The van der Waals surface area contributed by atoms with E-state index >= 15 is 0 Å². The van der Waals surface area contributed by atoms with Crippen LogP contribution in [-0.4, -0.2) is 46.9 Å². The Bertz CT molecular complexity index is 645. The molecule has 0 unspecified atom stereocenters. The zero-order valence-corrected chi connectivity index (χ0v) is 15.0. The minimum atomic E-state index is 0. The Hall–Kier alpha value is -1.43. The second-order valence-electron chi connectivity index (χ2n) is 5.45. The largest absolute Gasteiger partial charge is 1.00 e. The van der Waals surface area contributed by atoms with Crippen molar-refractivity contribution in [2.75, 3.05) is 26.2 Å². The molecule has 1 fully saturated rings. The van der Waals surface area contributed by atoms with Gasteiger partial charge in [0.25, 0.3) is 5.91 Å². The zero-order valence-electron chi connectivity index (χ0n) is 12.7. The molecule has 1 aromatic heterocycles. The molecule has 0 N–H and O–H groups in total. The maximum absolute atomic E-state index is 12.5. The standard InChI is InChI=1S/C17H18BrN3O.ClH/c18-16-10-15(11-19-12-16)17(22)21-8-6-20(7-9-21)13-14-4-2-1-3-5-14;/h1-5,10-12H,6-9,13H2;1H/p-1. The van der Waals surface area contributed by atoms with Crippen LogP contribution in [0.1, 0.15) is 15.9 Å². The highest BCUT2D eigenvalue weighted by atomic mass is 79.9. The fraction of sp³-hybridized carbons (Fsp3) is 0.294. The van der Waals surface area contributed by atoms with Gasteiger partial charge in [0, 0.05) is 49.6 Å². The summed E-state index contributed by atoms with van der Waals surface area (Å²) in [5.41, 5.74) is 1.96. The highest BCUT2D eigenvalue weighted by molar-refractivity contribution is 9.10. The number of nitrogens with zero attached hydrogens (tertiary/aromatic N) is 3. The Morgan fingerprint density at radius 2 is 1.78 bits per heavy atom. The summed E-state index contributed by atoms with van der Waals surface area (Å²) in [4.78, 5) is 20.8. The van der Waals surface area contributed by atoms with E-state index in [1.807, 2.05) is 17.0 Å². The molecule has 0 bridgehead atoms. The third-order valence-corrected chi connectivity index (χ3v) is 4.29. The maximum Gasteiger partial charge on any atom is 0.255 e. The molecule has 1 amide bonds. The number of carbonyl (C=O) groups is 1. The Morgan fingerprint density at radius 3 is 2.43 bits per heavy atom. The summed E-state index contributed by atoms with van der Waals surface area (Å²) in [6.07, 6.45) is 3.32. The van der Waals surface area contributed by atoms with Gasteiger partial charge in [0.15, 0.2) is 0 Å². The van der Waals surface area contributed by atoms with Crippen LogP contribution in [-0.2, 0) is 6.54 Å². The van der Waals surface area contributed by atoms with Gasteiger partial charge in [0.2, 0.25) is 0 Å². The molecule has 4 nitrogen and oxygen atoms in total. The maximum atomic E-state index is 12.5. The van der Waals surface area contributed by atoms with E-state index in [1.165, 1.54) is 5.56 Å². The van der Waals surface area contributed by atoms with Crippen LogP contribution in [0.5, 0.6) is 0 Å². The molecule has 6 heteroatoms. The van der Waals surface area contributed by atoms with Crippen molar-refractivity contribution in [2.45, 2.75) is 6.54 Å². The second kappa shape index (κ2) is 8.43. The molecule has 122 valence electrons. The smallest absolute Gasteiger partial charge is 0.255 e. The van der Waals surface area contributed by atoms with Crippen LogP contribution in [0.25, 0.3) is 0 Å². The van der Waals surface area contributed by atoms with Gasteiger partial charge in [0.1, 0.15) is 0 Å². The van der Waals surface area contributed by atoms with Gasteiger partial charge >= 0.3 is 0 Å². The van der Waals surface area contributed by atoms with Gasteiger partial charge < -0.3 is 17.3 Å². The van der Waals surface area contributed by atoms with E-state index in [4.69, 9.17) is 0 Å². The molecule has 0 atom stereocenters. The molecule has 0 saturated carbocycles. The van der Waals surface area contributed by atoms with Crippen LogP contribution in [0, 0.1) is 0 Å². The number of hydrogen-bond donors (Lipinski definition) is 0.